The molecule has 14 atom stereocenters. The van der Waals surface area contributed by atoms with Crippen molar-refractivity contribution in [3.63, 3.8) is 0 Å². The number of Topliss-reactive ketones (excluding diaryl/α,β-unsaturated/α-hetero) is 2. The fraction of sp³-hybridized carbons (Fsp3) is 0.596. The van der Waals surface area contributed by atoms with E-state index in [4.69, 9.17) is 28.4 Å². The number of esters is 3. The Labute approximate surface area is 396 Å². The normalized spacial score (nSPS) is 32.6. The molecule has 0 saturated carbocycles. The molecule has 2 saturated heterocycles. The van der Waals surface area contributed by atoms with Gasteiger partial charge in [0.05, 0.1) is 18.2 Å². The summed E-state index contributed by atoms with van der Waals surface area (Å²) in [6.45, 7) is 19.2. The van der Waals surface area contributed by atoms with Gasteiger partial charge in [0.1, 0.15) is 18.2 Å². The predicted octanol–water partition coefficient (Wildman–Crippen LogP) is 8.03. The Kier molecular flexibility index (Phi) is 20.0. The van der Waals surface area contributed by atoms with Crippen LogP contribution in [-0.4, -0.2) is 120 Å². The third-order valence-corrected chi connectivity index (χ3v) is 13.2. The summed E-state index contributed by atoms with van der Waals surface area (Å²) in [4.78, 5) is 94.3. The Morgan fingerprint density at radius 1 is 0.746 bits per heavy atom. The molecule has 15 heteroatoms. The van der Waals surface area contributed by atoms with Crippen molar-refractivity contribution in [1.29, 1.82) is 0 Å². The maximum Gasteiger partial charge on any atom is 0.418 e. The number of hydrogen-bond donors (Lipinski definition) is 0. The number of rotatable bonds is 9. The highest BCUT2D eigenvalue weighted by Crippen LogP contribution is 2.38. The van der Waals surface area contributed by atoms with Crippen LogP contribution in [0.2, 0.25) is 0 Å². The first kappa shape index (κ1) is 54.4. The van der Waals surface area contributed by atoms with Crippen LogP contribution in [0.15, 0.2) is 72.3 Å². The zero-order chi connectivity index (χ0) is 49.9. The zero-order valence-corrected chi connectivity index (χ0v) is 41.5. The Bertz CT molecular complexity index is 2060. The lowest BCUT2D eigenvalue weighted by molar-refractivity contribution is -0.306. The molecule has 368 valence electrons. The lowest BCUT2D eigenvalue weighted by Gasteiger charge is -2.48. The highest BCUT2D eigenvalue weighted by molar-refractivity contribution is 6.08. The number of imide groups is 1. The fourth-order valence-electron chi connectivity index (χ4n) is 9.48. The summed E-state index contributed by atoms with van der Waals surface area (Å²) in [7, 11) is 3.57. The minimum atomic E-state index is -1.27. The van der Waals surface area contributed by atoms with E-state index in [1.54, 1.807) is 77.0 Å². The molecule has 3 aliphatic rings. The molecule has 15 nitrogen and oxygen atoms in total. The average molecular weight is 933 g/mol. The summed E-state index contributed by atoms with van der Waals surface area (Å²) < 4.78 is 36.9. The number of ketones is 2. The third-order valence-electron chi connectivity index (χ3n) is 13.2. The van der Waals surface area contributed by atoms with E-state index in [1.807, 2.05) is 71.0 Å². The molecule has 3 heterocycles. The number of amides is 2. The van der Waals surface area contributed by atoms with Gasteiger partial charge in [0.15, 0.2) is 30.1 Å². The number of carbonyl (C=O) groups excluding carboxylic acids is 7. The Morgan fingerprint density at radius 2 is 1.31 bits per heavy atom. The number of carbonyl (C=O) groups is 7. The minimum absolute atomic E-state index is 0.0842. The van der Waals surface area contributed by atoms with Gasteiger partial charge in [-0.2, -0.15) is 0 Å². The van der Waals surface area contributed by atoms with Crippen LogP contribution in [0.3, 0.4) is 0 Å². The van der Waals surface area contributed by atoms with Crippen molar-refractivity contribution >= 4 is 41.5 Å². The van der Waals surface area contributed by atoms with Gasteiger partial charge in [-0.1, -0.05) is 96.1 Å². The highest BCUT2D eigenvalue weighted by atomic mass is 16.7. The summed E-state index contributed by atoms with van der Waals surface area (Å²) >= 11 is 0. The molecule has 0 bridgehead atoms. The predicted molar refractivity (Wildman–Crippen MR) is 250 cm³/mol. The van der Waals surface area contributed by atoms with Gasteiger partial charge in [0, 0.05) is 43.2 Å². The van der Waals surface area contributed by atoms with E-state index in [0.717, 1.165) is 10.5 Å². The Morgan fingerprint density at radius 3 is 1.82 bits per heavy atom. The molecule has 0 aliphatic carbocycles. The van der Waals surface area contributed by atoms with Crippen LogP contribution in [0, 0.1) is 29.6 Å². The number of fused-ring (bicyclic) bond motifs is 1. The van der Waals surface area contributed by atoms with Crippen molar-refractivity contribution in [2.24, 2.45) is 29.6 Å². The standard InChI is InChI=1S/C44H64N2O12.C8H8O/c1-13-31-21-26(6)39-35(46(44(52)58-39)42(51)32-18-16-15-17-19-32)37(50)24(4)20-25(5)38(27(7)23(3)22-34(49)56-33(31)14-2)57-43-41(55-30(10)48)36(45(11)12)40(28(8)53-43)54-29(9)47;1-7(9)8-5-3-2-4-6-8/h15-19,21,23-25,27-28,31,33,35-36,38-41,43H,13-14,20,22H2,1-12H3;2-6H,1H3/b26-21+;/t23-,24-,25+,27+,28?,31+,33-,35?,36?,38+,39?,40?,41?,43?;/m1./s1. The smallest absolute Gasteiger partial charge is 0.418 e. The first-order valence-corrected chi connectivity index (χ1v) is 23.5. The fourth-order valence-corrected chi connectivity index (χ4v) is 9.48. The molecule has 0 spiro atoms. The van der Waals surface area contributed by atoms with Crippen molar-refractivity contribution in [3.8, 4) is 0 Å². The molecule has 7 unspecified atom stereocenters. The number of hydrogen-bond acceptors (Lipinski definition) is 14. The van der Waals surface area contributed by atoms with Crippen LogP contribution in [0.1, 0.15) is 123 Å². The molecule has 5 rings (SSSR count). The van der Waals surface area contributed by atoms with E-state index < -0.39 is 84.9 Å². The summed E-state index contributed by atoms with van der Waals surface area (Å²) in [5, 5.41) is 0. The summed E-state index contributed by atoms with van der Waals surface area (Å²) in [6, 6.07) is 15.6. The second-order valence-corrected chi connectivity index (χ2v) is 18.6. The van der Waals surface area contributed by atoms with Crippen LogP contribution in [0.5, 0.6) is 0 Å². The third kappa shape index (κ3) is 13.9. The SMILES string of the molecule is CC(=O)c1ccccc1.CC[C@H]1/C=C(\C)C2OC(=O)N(C(=O)c3ccccc3)C2C(=O)[C@H](C)C[C@H](C)[C@H](OC2OC(C)C(OC(C)=O)C(N(C)C)C2OC(C)=O)[C@@H](C)[C@H](C)CC(=O)O[C@@H]1CC. The van der Waals surface area contributed by atoms with Crippen molar-refractivity contribution in [3.05, 3.63) is 83.4 Å². The zero-order valence-electron chi connectivity index (χ0n) is 41.5. The van der Waals surface area contributed by atoms with Gasteiger partial charge in [0.25, 0.3) is 5.91 Å². The largest absolute Gasteiger partial charge is 0.462 e. The molecule has 2 aromatic carbocycles. The van der Waals surface area contributed by atoms with E-state index in [9.17, 15) is 33.6 Å². The van der Waals surface area contributed by atoms with E-state index >= 15 is 0 Å². The second-order valence-electron chi connectivity index (χ2n) is 18.6. The summed E-state index contributed by atoms with van der Waals surface area (Å²) in [6.07, 6.45) is -3.44. The molecule has 2 aromatic rings. The molecule has 2 amide bonds. The highest BCUT2D eigenvalue weighted by Gasteiger charge is 2.53. The molecular weight excluding hydrogens is 861 g/mol. The topological polar surface area (TPSA) is 181 Å². The van der Waals surface area contributed by atoms with E-state index in [0.29, 0.717) is 18.4 Å². The van der Waals surface area contributed by atoms with Crippen molar-refractivity contribution in [1.82, 2.24) is 9.80 Å². The van der Waals surface area contributed by atoms with Gasteiger partial charge in [-0.3, -0.25) is 33.7 Å². The molecule has 3 aliphatic heterocycles. The van der Waals surface area contributed by atoms with E-state index in [1.165, 1.54) is 13.8 Å². The molecule has 2 fully saturated rings. The van der Waals surface area contributed by atoms with Gasteiger partial charge < -0.3 is 28.4 Å². The number of likely N-dealkylation sites (N-methyl/N-ethyl adjacent to an activating group) is 1. The number of nitrogens with zero attached hydrogens (tertiary/aromatic N) is 2. The summed E-state index contributed by atoms with van der Waals surface area (Å²) in [5.74, 6) is -4.32. The van der Waals surface area contributed by atoms with Crippen molar-refractivity contribution in [2.75, 3.05) is 14.1 Å². The van der Waals surface area contributed by atoms with Crippen molar-refractivity contribution < 1.29 is 62.0 Å². The molecular formula is C52H72N2O13. The van der Waals surface area contributed by atoms with Gasteiger partial charge in [-0.25, -0.2) is 9.69 Å². The van der Waals surface area contributed by atoms with Crippen LogP contribution in [-0.2, 0) is 47.6 Å². The quantitative estimate of drug-likeness (QED) is 0.102. The number of cyclic esters (lactones) is 1. The van der Waals surface area contributed by atoms with Crippen LogP contribution < -0.4 is 0 Å². The van der Waals surface area contributed by atoms with Gasteiger partial charge in [-0.15, -0.1) is 0 Å². The molecule has 0 radical (unpaired) electrons. The van der Waals surface area contributed by atoms with Crippen LogP contribution in [0.4, 0.5) is 4.79 Å². The molecule has 67 heavy (non-hydrogen) atoms. The molecule has 0 aromatic heterocycles. The lowest BCUT2D eigenvalue weighted by atomic mass is 9.78. The Balaban J connectivity index is 0.000000971. The maximum absolute atomic E-state index is 14.8. The first-order valence-electron chi connectivity index (χ1n) is 23.5. The number of benzene rings is 2. The van der Waals surface area contributed by atoms with Crippen molar-refractivity contribution in [2.45, 2.75) is 157 Å². The monoisotopic (exact) mass is 933 g/mol. The maximum atomic E-state index is 14.8. The second kappa shape index (κ2) is 24.7. The van der Waals surface area contributed by atoms with Crippen LogP contribution >= 0.6 is 0 Å². The van der Waals surface area contributed by atoms with Crippen LogP contribution in [0.25, 0.3) is 0 Å². The lowest BCUT2D eigenvalue weighted by Crippen LogP contribution is -2.65. The van der Waals surface area contributed by atoms with E-state index in [-0.39, 0.29) is 59.6 Å². The van der Waals surface area contributed by atoms with Gasteiger partial charge in [-0.05, 0) is 89.6 Å². The van der Waals surface area contributed by atoms with Gasteiger partial charge in [0.2, 0.25) is 0 Å². The summed E-state index contributed by atoms with van der Waals surface area (Å²) in [5.41, 5.74) is 1.59. The van der Waals surface area contributed by atoms with Gasteiger partial charge >= 0.3 is 24.0 Å². The Hall–Kier alpha value is -5.25. The first-order chi connectivity index (χ1) is 31.6. The average Bonchev–Trinajstić information content (AvgIpc) is 3.63. The minimum Gasteiger partial charge on any atom is -0.462 e. The molecule has 0 N–H and O–H groups in total. The van der Waals surface area contributed by atoms with E-state index in [2.05, 4.69) is 0 Å². The number of ether oxygens (including phenoxy) is 6.